The van der Waals surface area contributed by atoms with E-state index in [2.05, 4.69) is 15.2 Å². The van der Waals surface area contributed by atoms with E-state index in [1.54, 1.807) is 6.20 Å². The molecule has 1 aliphatic rings. The minimum atomic E-state index is -1.01. The van der Waals surface area contributed by atoms with Crippen molar-refractivity contribution in [1.82, 2.24) is 14.9 Å². The first-order valence-electron chi connectivity index (χ1n) is 10.4. The number of nitrogens with one attached hydrogen (secondary N) is 1. The van der Waals surface area contributed by atoms with E-state index in [0.717, 1.165) is 46.5 Å². The molecule has 0 saturated heterocycles. The van der Waals surface area contributed by atoms with Crippen molar-refractivity contribution in [3.63, 3.8) is 0 Å². The molecule has 0 saturated carbocycles. The maximum absolute atomic E-state index is 13.7. The lowest BCUT2D eigenvalue weighted by atomic mass is 9.95. The van der Waals surface area contributed by atoms with E-state index < -0.39 is 11.6 Å². The second-order valence-corrected chi connectivity index (χ2v) is 7.79. The maximum atomic E-state index is 13.7. The van der Waals surface area contributed by atoms with Crippen LogP contribution in [0, 0.1) is 11.6 Å². The molecule has 2 aromatic carbocycles. The van der Waals surface area contributed by atoms with Gasteiger partial charge < -0.3 is 5.32 Å². The van der Waals surface area contributed by atoms with Crippen molar-refractivity contribution in [2.75, 3.05) is 11.9 Å². The molecule has 3 heterocycles. The molecule has 1 aliphatic heterocycles. The molecule has 1 amide bonds. The highest BCUT2D eigenvalue weighted by Crippen LogP contribution is 2.29. The average Bonchev–Trinajstić information content (AvgIpc) is 2.80. The predicted octanol–water partition coefficient (Wildman–Crippen LogP) is 4.72. The van der Waals surface area contributed by atoms with E-state index >= 15 is 0 Å². The molecular formula is C25H20F2N4O. The molecule has 0 bridgehead atoms. The number of rotatable bonds is 4. The number of amides is 1. The summed E-state index contributed by atoms with van der Waals surface area (Å²) in [4.78, 5) is 24.8. The summed E-state index contributed by atoms with van der Waals surface area (Å²) >= 11 is 0. The smallest absolute Gasteiger partial charge is 0.256 e. The van der Waals surface area contributed by atoms with Gasteiger partial charge in [0.2, 0.25) is 0 Å². The SMILES string of the molecule is O=C(Nc1ccc(F)c(F)c1)c1c2c(nc3ccccc13)CCN(Cc1ccccn1)C2. The lowest BCUT2D eigenvalue weighted by Gasteiger charge is -2.30. The van der Waals surface area contributed by atoms with Crippen molar-refractivity contribution in [3.05, 3.63) is 101 Å². The zero-order valence-corrected chi connectivity index (χ0v) is 17.2. The lowest BCUT2D eigenvalue weighted by Crippen LogP contribution is -2.33. The number of aromatic nitrogens is 2. The molecule has 0 spiro atoms. The van der Waals surface area contributed by atoms with Crippen LogP contribution in [0.1, 0.15) is 27.3 Å². The Bertz CT molecular complexity index is 1310. The Kier molecular flexibility index (Phi) is 5.33. The molecule has 160 valence electrons. The Balaban J connectivity index is 1.53. The Hall–Kier alpha value is -3.71. The van der Waals surface area contributed by atoms with Gasteiger partial charge in [0.1, 0.15) is 0 Å². The minimum Gasteiger partial charge on any atom is -0.322 e. The van der Waals surface area contributed by atoms with Crippen LogP contribution in [0.15, 0.2) is 66.9 Å². The van der Waals surface area contributed by atoms with Crippen LogP contribution in [0.25, 0.3) is 10.9 Å². The van der Waals surface area contributed by atoms with Gasteiger partial charge in [0, 0.05) is 60.6 Å². The Morgan fingerprint density at radius 1 is 1.03 bits per heavy atom. The number of para-hydroxylation sites is 1. The molecule has 0 aliphatic carbocycles. The minimum absolute atomic E-state index is 0.199. The van der Waals surface area contributed by atoms with Gasteiger partial charge in [-0.15, -0.1) is 0 Å². The Morgan fingerprint density at radius 2 is 1.88 bits per heavy atom. The topological polar surface area (TPSA) is 58.1 Å². The number of halogens is 2. The third kappa shape index (κ3) is 3.94. The summed E-state index contributed by atoms with van der Waals surface area (Å²) in [5.74, 6) is -2.34. The quantitative estimate of drug-likeness (QED) is 0.509. The van der Waals surface area contributed by atoms with Crippen LogP contribution >= 0.6 is 0 Å². The molecule has 0 fully saturated rings. The van der Waals surface area contributed by atoms with Crippen LogP contribution in [0.3, 0.4) is 0 Å². The summed E-state index contributed by atoms with van der Waals surface area (Å²) in [5, 5.41) is 3.46. The molecule has 0 radical (unpaired) electrons. The standard InChI is InChI=1S/C25H20F2N4O/c26-20-9-8-16(13-21(20)27)29-25(32)24-18-6-1-2-7-22(18)30-23-10-12-31(15-19(23)24)14-17-5-3-4-11-28-17/h1-9,11,13H,10,12,14-15H2,(H,29,32). The first-order chi connectivity index (χ1) is 15.6. The van der Waals surface area contributed by atoms with Gasteiger partial charge in [-0.2, -0.15) is 0 Å². The van der Waals surface area contributed by atoms with Crippen LogP contribution < -0.4 is 5.32 Å². The van der Waals surface area contributed by atoms with Gasteiger partial charge in [-0.05, 0) is 30.3 Å². The zero-order valence-electron chi connectivity index (χ0n) is 17.2. The second-order valence-electron chi connectivity index (χ2n) is 7.79. The predicted molar refractivity (Wildman–Crippen MR) is 118 cm³/mol. The summed E-state index contributed by atoms with van der Waals surface area (Å²) in [7, 11) is 0. The zero-order chi connectivity index (χ0) is 22.1. The van der Waals surface area contributed by atoms with Crippen molar-refractivity contribution >= 4 is 22.5 Å². The van der Waals surface area contributed by atoms with Gasteiger partial charge in [0.15, 0.2) is 11.6 Å². The lowest BCUT2D eigenvalue weighted by molar-refractivity contribution is 0.102. The summed E-state index contributed by atoms with van der Waals surface area (Å²) in [6.07, 6.45) is 2.47. The first-order valence-corrected chi connectivity index (χ1v) is 10.4. The summed E-state index contributed by atoms with van der Waals surface area (Å²) in [6.45, 7) is 2.01. The normalized spacial score (nSPS) is 13.7. The number of fused-ring (bicyclic) bond motifs is 2. The van der Waals surface area contributed by atoms with E-state index in [9.17, 15) is 13.6 Å². The van der Waals surface area contributed by atoms with Gasteiger partial charge >= 0.3 is 0 Å². The number of carbonyl (C=O) groups excluding carboxylic acids is 1. The number of pyridine rings is 2. The van der Waals surface area contributed by atoms with Crippen molar-refractivity contribution in [2.45, 2.75) is 19.5 Å². The Morgan fingerprint density at radius 3 is 2.69 bits per heavy atom. The molecule has 2 aromatic heterocycles. The molecule has 7 heteroatoms. The van der Waals surface area contributed by atoms with Crippen molar-refractivity contribution in [2.24, 2.45) is 0 Å². The molecule has 0 atom stereocenters. The summed E-state index contributed by atoms with van der Waals surface area (Å²) in [5.41, 5.74) is 4.14. The Labute approximate surface area is 183 Å². The molecule has 5 rings (SSSR count). The van der Waals surface area contributed by atoms with E-state index in [-0.39, 0.29) is 11.6 Å². The van der Waals surface area contributed by atoms with Crippen LogP contribution in [-0.4, -0.2) is 27.3 Å². The van der Waals surface area contributed by atoms with Crippen LogP contribution in [0.4, 0.5) is 14.5 Å². The molecular weight excluding hydrogens is 410 g/mol. The molecule has 0 unspecified atom stereocenters. The molecule has 32 heavy (non-hydrogen) atoms. The van der Waals surface area contributed by atoms with E-state index in [4.69, 9.17) is 4.98 Å². The third-order valence-corrected chi connectivity index (χ3v) is 5.64. The number of benzene rings is 2. The highest BCUT2D eigenvalue weighted by Gasteiger charge is 2.26. The number of hydrogen-bond donors (Lipinski definition) is 1. The fourth-order valence-electron chi connectivity index (χ4n) is 4.13. The number of nitrogens with zero attached hydrogens (tertiary/aromatic N) is 3. The molecule has 1 N–H and O–H groups in total. The fourth-order valence-corrected chi connectivity index (χ4v) is 4.13. The van der Waals surface area contributed by atoms with E-state index in [1.165, 1.54) is 6.07 Å². The largest absolute Gasteiger partial charge is 0.322 e. The first kappa shape index (κ1) is 20.2. The van der Waals surface area contributed by atoms with Crippen LogP contribution in [-0.2, 0) is 19.5 Å². The fraction of sp³-hybridized carbons (Fsp3) is 0.160. The summed E-state index contributed by atoms with van der Waals surface area (Å²) < 4.78 is 27.0. The van der Waals surface area contributed by atoms with E-state index in [0.29, 0.717) is 25.1 Å². The molecule has 4 aromatic rings. The second kappa shape index (κ2) is 8.43. The van der Waals surface area contributed by atoms with Crippen LogP contribution in [0.5, 0.6) is 0 Å². The van der Waals surface area contributed by atoms with Gasteiger partial charge in [-0.25, -0.2) is 8.78 Å². The van der Waals surface area contributed by atoms with E-state index in [1.807, 2.05) is 42.5 Å². The maximum Gasteiger partial charge on any atom is 0.256 e. The number of hydrogen-bond acceptors (Lipinski definition) is 4. The highest BCUT2D eigenvalue weighted by atomic mass is 19.2. The number of carbonyl (C=O) groups is 1. The molecule has 5 nitrogen and oxygen atoms in total. The highest BCUT2D eigenvalue weighted by molar-refractivity contribution is 6.13. The van der Waals surface area contributed by atoms with Gasteiger partial charge in [-0.1, -0.05) is 24.3 Å². The van der Waals surface area contributed by atoms with Crippen molar-refractivity contribution < 1.29 is 13.6 Å². The van der Waals surface area contributed by atoms with Crippen LogP contribution in [0.2, 0.25) is 0 Å². The van der Waals surface area contributed by atoms with Crippen molar-refractivity contribution in [3.8, 4) is 0 Å². The average molecular weight is 430 g/mol. The summed E-state index contributed by atoms with van der Waals surface area (Å²) in [6, 6.07) is 16.6. The van der Waals surface area contributed by atoms with Gasteiger partial charge in [0.05, 0.1) is 16.8 Å². The van der Waals surface area contributed by atoms with Gasteiger partial charge in [0.25, 0.3) is 5.91 Å². The monoisotopic (exact) mass is 430 g/mol. The number of anilines is 1. The van der Waals surface area contributed by atoms with Crippen molar-refractivity contribution in [1.29, 1.82) is 0 Å². The van der Waals surface area contributed by atoms with Gasteiger partial charge in [-0.3, -0.25) is 19.7 Å². The third-order valence-electron chi connectivity index (χ3n) is 5.64.